The minimum atomic E-state index is -1.19. The molecular weight excluding hydrogens is 312 g/mol. The highest BCUT2D eigenvalue weighted by Crippen LogP contribution is 2.02. The van der Waals surface area contributed by atoms with Crippen molar-refractivity contribution in [3.63, 3.8) is 0 Å². The largest absolute Gasteiger partial charge is 0.480 e. The first-order valence-electron chi connectivity index (χ1n) is 6.62. The number of amides is 3. The van der Waals surface area contributed by atoms with Crippen LogP contribution in [0.5, 0.6) is 0 Å². The van der Waals surface area contributed by atoms with E-state index < -0.39 is 42.3 Å². The van der Waals surface area contributed by atoms with Crippen LogP contribution < -0.4 is 21.7 Å². The van der Waals surface area contributed by atoms with Crippen LogP contribution in [0.1, 0.15) is 13.8 Å². The first-order chi connectivity index (χ1) is 10.2. The molecule has 0 saturated heterocycles. The van der Waals surface area contributed by atoms with Gasteiger partial charge < -0.3 is 26.8 Å². The molecule has 0 radical (unpaired) electrons. The second-order valence-electron chi connectivity index (χ2n) is 4.91. The first-order valence-corrected chi connectivity index (χ1v) is 7.25. The predicted molar refractivity (Wildman–Crippen MR) is 82.3 cm³/mol. The Morgan fingerprint density at radius 2 is 1.68 bits per heavy atom. The van der Waals surface area contributed by atoms with Gasteiger partial charge >= 0.3 is 5.97 Å². The molecule has 2 unspecified atom stereocenters. The molecule has 0 spiro atoms. The Bertz CT molecular complexity index is 430. The van der Waals surface area contributed by atoms with Crippen molar-refractivity contribution in [2.45, 2.75) is 25.9 Å². The van der Waals surface area contributed by atoms with Crippen LogP contribution in [0, 0.1) is 5.92 Å². The number of carboxylic acid groups (broad SMARTS) is 1. The fourth-order valence-electron chi connectivity index (χ4n) is 1.39. The Morgan fingerprint density at radius 3 is 2.14 bits per heavy atom. The Hall–Kier alpha value is -1.81. The molecule has 0 bridgehead atoms. The summed E-state index contributed by atoms with van der Waals surface area (Å²) in [7, 11) is 0. The molecule has 2 atom stereocenters. The zero-order valence-corrected chi connectivity index (χ0v) is 13.4. The summed E-state index contributed by atoms with van der Waals surface area (Å²) in [5, 5.41) is 15.3. The van der Waals surface area contributed by atoms with Gasteiger partial charge in [-0.2, -0.15) is 12.6 Å². The van der Waals surface area contributed by atoms with Gasteiger partial charge in [-0.3, -0.25) is 19.2 Å². The molecule has 0 aliphatic carbocycles. The number of nitrogens with two attached hydrogens (primary N) is 1. The van der Waals surface area contributed by atoms with Gasteiger partial charge in [0.05, 0.1) is 12.6 Å². The molecule has 0 heterocycles. The third kappa shape index (κ3) is 7.84. The van der Waals surface area contributed by atoms with Crippen molar-refractivity contribution >= 4 is 36.3 Å². The Kier molecular flexibility index (Phi) is 9.18. The monoisotopic (exact) mass is 334 g/mol. The average molecular weight is 334 g/mol. The minimum absolute atomic E-state index is 0.135. The van der Waals surface area contributed by atoms with E-state index in [0.29, 0.717) is 0 Å². The molecule has 10 heteroatoms. The van der Waals surface area contributed by atoms with E-state index in [9.17, 15) is 19.2 Å². The minimum Gasteiger partial charge on any atom is -0.480 e. The molecule has 0 fully saturated rings. The number of carboxylic acids is 1. The average Bonchev–Trinajstić information content (AvgIpc) is 2.46. The van der Waals surface area contributed by atoms with Crippen molar-refractivity contribution < 1.29 is 24.3 Å². The molecule has 0 aliphatic rings. The predicted octanol–water partition coefficient (Wildman–Crippen LogP) is -2.30. The topological polar surface area (TPSA) is 151 Å². The summed E-state index contributed by atoms with van der Waals surface area (Å²) < 4.78 is 0. The second kappa shape index (κ2) is 10.0. The van der Waals surface area contributed by atoms with E-state index >= 15 is 0 Å². The number of carbonyl (C=O) groups excluding carboxylic acids is 3. The van der Waals surface area contributed by atoms with Crippen molar-refractivity contribution in [1.82, 2.24) is 16.0 Å². The summed E-state index contributed by atoms with van der Waals surface area (Å²) in [5.74, 6) is -2.99. The number of carbonyl (C=O) groups is 4. The van der Waals surface area contributed by atoms with Gasteiger partial charge in [-0.15, -0.1) is 0 Å². The number of hydrogen-bond acceptors (Lipinski definition) is 6. The van der Waals surface area contributed by atoms with E-state index in [0.717, 1.165) is 0 Å². The molecule has 126 valence electrons. The van der Waals surface area contributed by atoms with Crippen LogP contribution in [0.3, 0.4) is 0 Å². The lowest BCUT2D eigenvalue weighted by Crippen LogP contribution is -2.55. The summed E-state index contributed by atoms with van der Waals surface area (Å²) in [5.41, 5.74) is 5.52. The van der Waals surface area contributed by atoms with E-state index in [2.05, 4.69) is 28.6 Å². The molecule has 0 aromatic carbocycles. The first kappa shape index (κ1) is 20.2. The number of thiol groups is 1. The fourth-order valence-corrected chi connectivity index (χ4v) is 1.56. The number of aliphatic carboxylic acids is 1. The van der Waals surface area contributed by atoms with Gasteiger partial charge in [-0.05, 0) is 5.92 Å². The summed E-state index contributed by atoms with van der Waals surface area (Å²) in [4.78, 5) is 45.3. The molecule has 3 amide bonds. The van der Waals surface area contributed by atoms with Gasteiger partial charge in [0.1, 0.15) is 12.6 Å². The van der Waals surface area contributed by atoms with E-state index in [-0.39, 0.29) is 18.2 Å². The Balaban J connectivity index is 4.46. The van der Waals surface area contributed by atoms with E-state index in [4.69, 9.17) is 10.8 Å². The molecule has 0 saturated carbocycles. The number of nitrogens with one attached hydrogen (secondary N) is 3. The van der Waals surface area contributed by atoms with E-state index in [1.807, 2.05) is 0 Å². The van der Waals surface area contributed by atoms with E-state index in [1.165, 1.54) is 0 Å². The molecule has 22 heavy (non-hydrogen) atoms. The Labute approximate surface area is 133 Å². The molecular formula is C12H22N4O5S. The third-order valence-corrected chi connectivity index (χ3v) is 3.03. The molecule has 6 N–H and O–H groups in total. The van der Waals surface area contributed by atoms with Gasteiger partial charge in [-0.1, -0.05) is 13.8 Å². The molecule has 0 aromatic rings. The highest BCUT2D eigenvalue weighted by Gasteiger charge is 2.26. The quantitative estimate of drug-likeness (QED) is 0.261. The number of rotatable bonds is 9. The maximum Gasteiger partial charge on any atom is 0.322 e. The second-order valence-corrected chi connectivity index (χ2v) is 5.27. The van der Waals surface area contributed by atoms with Gasteiger partial charge in [0.2, 0.25) is 17.7 Å². The van der Waals surface area contributed by atoms with Crippen LogP contribution in [0.15, 0.2) is 0 Å². The normalized spacial score (nSPS) is 13.1. The fraction of sp³-hybridized carbons (Fsp3) is 0.667. The third-order valence-electron chi connectivity index (χ3n) is 2.64. The molecule has 0 aromatic heterocycles. The molecule has 0 aliphatic heterocycles. The standard InChI is InChI=1S/C12H22N4O5S/c1-6(2)10(16-11(20)7(13)5-22)12(21)15-3-8(17)14-4-9(18)19/h6-7,10,22H,3-5,13H2,1-2H3,(H,14,17)(H,15,21)(H,16,20)(H,18,19). The maximum atomic E-state index is 12.0. The summed E-state index contributed by atoms with van der Waals surface area (Å²) >= 11 is 3.90. The highest BCUT2D eigenvalue weighted by atomic mass is 32.1. The van der Waals surface area contributed by atoms with Gasteiger partial charge in [0.15, 0.2) is 0 Å². The van der Waals surface area contributed by atoms with Crippen LogP contribution in [0.25, 0.3) is 0 Å². The maximum absolute atomic E-state index is 12.0. The van der Waals surface area contributed by atoms with Crippen molar-refractivity contribution in [3.8, 4) is 0 Å². The smallest absolute Gasteiger partial charge is 0.322 e. The van der Waals surface area contributed by atoms with Crippen LogP contribution >= 0.6 is 12.6 Å². The summed E-state index contributed by atoms with van der Waals surface area (Å²) in [6.07, 6.45) is 0. The lowest BCUT2D eigenvalue weighted by atomic mass is 10.0. The molecule has 0 rings (SSSR count). The van der Waals surface area contributed by atoms with Crippen LogP contribution in [-0.2, 0) is 19.2 Å². The van der Waals surface area contributed by atoms with E-state index in [1.54, 1.807) is 13.8 Å². The zero-order valence-electron chi connectivity index (χ0n) is 12.5. The van der Waals surface area contributed by atoms with Gasteiger partial charge in [0.25, 0.3) is 0 Å². The van der Waals surface area contributed by atoms with Crippen LogP contribution in [0.4, 0.5) is 0 Å². The van der Waals surface area contributed by atoms with Gasteiger partial charge in [-0.25, -0.2) is 0 Å². The van der Waals surface area contributed by atoms with Crippen molar-refractivity contribution in [3.05, 3.63) is 0 Å². The zero-order chi connectivity index (χ0) is 17.3. The van der Waals surface area contributed by atoms with Crippen LogP contribution in [0.2, 0.25) is 0 Å². The summed E-state index contributed by atoms with van der Waals surface area (Å²) in [6, 6.07) is -1.69. The lowest BCUT2D eigenvalue weighted by Gasteiger charge is -2.23. The SMILES string of the molecule is CC(C)C(NC(=O)C(N)CS)C(=O)NCC(=O)NCC(=O)O. The number of hydrogen-bond donors (Lipinski definition) is 6. The van der Waals surface area contributed by atoms with Crippen LogP contribution in [-0.4, -0.2) is 59.7 Å². The highest BCUT2D eigenvalue weighted by molar-refractivity contribution is 7.80. The van der Waals surface area contributed by atoms with Crippen molar-refractivity contribution in [2.24, 2.45) is 11.7 Å². The van der Waals surface area contributed by atoms with Gasteiger partial charge in [0, 0.05) is 5.75 Å². The van der Waals surface area contributed by atoms with Crippen molar-refractivity contribution in [1.29, 1.82) is 0 Å². The lowest BCUT2D eigenvalue weighted by molar-refractivity contribution is -0.138. The van der Waals surface area contributed by atoms with Crippen molar-refractivity contribution in [2.75, 3.05) is 18.8 Å². The Morgan fingerprint density at radius 1 is 1.09 bits per heavy atom. The summed E-state index contributed by atoms with van der Waals surface area (Å²) in [6.45, 7) is 2.53. The molecule has 9 nitrogen and oxygen atoms in total.